The van der Waals surface area contributed by atoms with E-state index in [9.17, 15) is 19.5 Å². The molecule has 5 rings (SSSR count). The Morgan fingerprint density at radius 3 is 2.26 bits per heavy atom. The van der Waals surface area contributed by atoms with Crippen molar-refractivity contribution in [1.82, 2.24) is 10.2 Å². The Morgan fingerprint density at radius 1 is 1.06 bits per heavy atom. The van der Waals surface area contributed by atoms with Crippen molar-refractivity contribution in [3.8, 4) is 11.1 Å². The highest BCUT2D eigenvalue weighted by molar-refractivity contribution is 5.81. The molecule has 0 aromatic heterocycles. The lowest BCUT2D eigenvalue weighted by Crippen LogP contribution is -2.47. The highest BCUT2D eigenvalue weighted by atomic mass is 16.5. The Labute approximate surface area is 197 Å². The molecular weight excluding hydrogens is 436 g/mol. The van der Waals surface area contributed by atoms with E-state index in [-0.39, 0.29) is 38.1 Å². The predicted octanol–water partition coefficient (Wildman–Crippen LogP) is 3.01. The number of likely N-dealkylation sites (N-methyl/N-ethyl adjacent to an activating group) is 1. The fourth-order valence-electron chi connectivity index (χ4n) is 5.11. The van der Waals surface area contributed by atoms with E-state index in [4.69, 9.17) is 9.47 Å². The summed E-state index contributed by atoms with van der Waals surface area (Å²) in [7, 11) is 1.60. The van der Waals surface area contributed by atoms with E-state index in [0.717, 1.165) is 22.3 Å². The Kier molecular flexibility index (Phi) is 5.77. The summed E-state index contributed by atoms with van der Waals surface area (Å²) in [6.45, 7) is 0.510. The SMILES string of the molecule is CN(C(=O)CC1(NC(=O)OCC2c3ccccc3-c3ccccc32)CC1)C1COCC1C(=O)O. The summed E-state index contributed by atoms with van der Waals surface area (Å²) < 4.78 is 10.9. The molecule has 3 aliphatic rings. The molecule has 2 aromatic carbocycles. The van der Waals surface area contributed by atoms with Gasteiger partial charge in [0, 0.05) is 13.0 Å². The van der Waals surface area contributed by atoms with Crippen molar-refractivity contribution in [3.05, 3.63) is 59.7 Å². The molecule has 1 heterocycles. The largest absolute Gasteiger partial charge is 0.481 e. The van der Waals surface area contributed by atoms with Gasteiger partial charge in [-0.15, -0.1) is 0 Å². The van der Waals surface area contributed by atoms with Crippen LogP contribution in [-0.4, -0.2) is 66.4 Å². The fourth-order valence-corrected chi connectivity index (χ4v) is 5.11. The first kappa shape index (κ1) is 22.4. The van der Waals surface area contributed by atoms with E-state index in [1.165, 1.54) is 4.90 Å². The van der Waals surface area contributed by atoms with Gasteiger partial charge in [-0.1, -0.05) is 48.5 Å². The van der Waals surface area contributed by atoms with Gasteiger partial charge >= 0.3 is 12.1 Å². The van der Waals surface area contributed by atoms with Crippen LogP contribution in [0.2, 0.25) is 0 Å². The summed E-state index contributed by atoms with van der Waals surface area (Å²) in [5.74, 6) is -1.95. The minimum atomic E-state index is -0.972. The van der Waals surface area contributed by atoms with Crippen LogP contribution in [0.15, 0.2) is 48.5 Å². The number of carbonyl (C=O) groups excluding carboxylic acids is 2. The van der Waals surface area contributed by atoms with Crippen LogP contribution in [0.5, 0.6) is 0 Å². The van der Waals surface area contributed by atoms with Crippen molar-refractivity contribution in [1.29, 1.82) is 0 Å². The Morgan fingerprint density at radius 2 is 1.68 bits per heavy atom. The minimum Gasteiger partial charge on any atom is -0.481 e. The monoisotopic (exact) mass is 464 g/mol. The molecule has 2 aromatic rings. The second-order valence-electron chi connectivity index (χ2n) is 9.46. The predicted molar refractivity (Wildman–Crippen MR) is 123 cm³/mol. The molecule has 1 saturated carbocycles. The summed E-state index contributed by atoms with van der Waals surface area (Å²) >= 11 is 0. The van der Waals surface area contributed by atoms with Crippen molar-refractivity contribution >= 4 is 18.0 Å². The van der Waals surface area contributed by atoms with Gasteiger partial charge in [-0.3, -0.25) is 9.59 Å². The number of amides is 2. The standard InChI is InChI=1S/C26H28N2O6/c1-28(22-15-33-13-21(22)24(30)31)23(29)12-26(10-11-26)27-25(32)34-14-20-18-8-4-2-6-16(18)17-7-3-5-9-19(17)20/h2-9,20-22H,10-15H2,1H3,(H,27,32)(H,30,31). The second kappa shape index (κ2) is 8.76. The number of benzene rings is 2. The van der Waals surface area contributed by atoms with Crippen LogP contribution in [0.3, 0.4) is 0 Å². The van der Waals surface area contributed by atoms with Gasteiger partial charge < -0.3 is 24.8 Å². The number of alkyl carbamates (subject to hydrolysis) is 1. The van der Waals surface area contributed by atoms with Crippen LogP contribution >= 0.6 is 0 Å². The third kappa shape index (κ3) is 4.14. The third-order valence-corrected chi connectivity index (χ3v) is 7.31. The van der Waals surface area contributed by atoms with Crippen molar-refractivity contribution in [2.75, 3.05) is 26.9 Å². The second-order valence-corrected chi connectivity index (χ2v) is 9.46. The number of nitrogens with zero attached hydrogens (tertiary/aromatic N) is 1. The number of fused-ring (bicyclic) bond motifs is 3. The molecule has 1 saturated heterocycles. The summed E-state index contributed by atoms with van der Waals surface area (Å²) in [4.78, 5) is 38.4. The number of carbonyl (C=O) groups is 3. The van der Waals surface area contributed by atoms with Crippen LogP contribution in [0.1, 0.15) is 36.3 Å². The normalized spacial score (nSPS) is 21.9. The van der Waals surface area contributed by atoms with Gasteiger partial charge in [0.1, 0.15) is 12.5 Å². The molecule has 2 aliphatic carbocycles. The molecule has 2 fully saturated rings. The van der Waals surface area contributed by atoms with Gasteiger partial charge in [-0.05, 0) is 35.1 Å². The first-order chi connectivity index (χ1) is 16.4. The summed E-state index contributed by atoms with van der Waals surface area (Å²) in [5, 5.41) is 12.3. The highest BCUT2D eigenvalue weighted by Gasteiger charge is 2.48. The smallest absolute Gasteiger partial charge is 0.407 e. The van der Waals surface area contributed by atoms with Gasteiger partial charge in [0.15, 0.2) is 0 Å². The van der Waals surface area contributed by atoms with Gasteiger partial charge in [0.2, 0.25) is 5.91 Å². The van der Waals surface area contributed by atoms with E-state index in [1.54, 1.807) is 7.05 Å². The lowest BCUT2D eigenvalue weighted by molar-refractivity contribution is -0.144. The number of hydrogen-bond donors (Lipinski definition) is 2. The molecule has 2 atom stereocenters. The molecule has 178 valence electrons. The molecule has 0 radical (unpaired) electrons. The maximum Gasteiger partial charge on any atom is 0.407 e. The zero-order chi connectivity index (χ0) is 23.9. The van der Waals surface area contributed by atoms with Gasteiger partial charge in [0.25, 0.3) is 0 Å². The van der Waals surface area contributed by atoms with Gasteiger partial charge in [-0.25, -0.2) is 4.79 Å². The van der Waals surface area contributed by atoms with Gasteiger partial charge in [-0.2, -0.15) is 0 Å². The van der Waals surface area contributed by atoms with Gasteiger partial charge in [0.05, 0.1) is 31.2 Å². The Bertz CT molecular complexity index is 1080. The van der Waals surface area contributed by atoms with Crippen molar-refractivity contribution in [3.63, 3.8) is 0 Å². The molecular formula is C26H28N2O6. The number of nitrogens with one attached hydrogen (secondary N) is 1. The Balaban J connectivity index is 1.19. The van der Waals surface area contributed by atoms with Crippen molar-refractivity contribution in [2.24, 2.45) is 5.92 Å². The molecule has 34 heavy (non-hydrogen) atoms. The molecule has 1 aliphatic heterocycles. The molecule has 8 heteroatoms. The summed E-state index contributed by atoms with van der Waals surface area (Å²) in [5.41, 5.74) is 3.97. The average Bonchev–Trinajstić information content (AvgIpc) is 3.27. The van der Waals surface area contributed by atoms with Crippen molar-refractivity contribution < 1.29 is 29.0 Å². The lowest BCUT2D eigenvalue weighted by atomic mass is 9.98. The van der Waals surface area contributed by atoms with E-state index >= 15 is 0 Å². The van der Waals surface area contributed by atoms with E-state index in [1.807, 2.05) is 24.3 Å². The minimum absolute atomic E-state index is 0.0311. The van der Waals surface area contributed by atoms with Crippen molar-refractivity contribution in [2.45, 2.75) is 36.8 Å². The number of aliphatic carboxylic acids is 1. The zero-order valence-corrected chi connectivity index (χ0v) is 19.0. The number of rotatable bonds is 7. The van der Waals surface area contributed by atoms with Crippen LogP contribution < -0.4 is 5.32 Å². The Hall–Kier alpha value is -3.39. The quantitative estimate of drug-likeness (QED) is 0.653. The molecule has 0 bridgehead atoms. The zero-order valence-electron chi connectivity index (χ0n) is 19.0. The molecule has 8 nitrogen and oxygen atoms in total. The van der Waals surface area contributed by atoms with E-state index < -0.39 is 29.6 Å². The maximum absolute atomic E-state index is 12.9. The first-order valence-corrected chi connectivity index (χ1v) is 11.6. The average molecular weight is 465 g/mol. The number of carboxylic acids is 1. The van der Waals surface area contributed by atoms with Crippen LogP contribution in [-0.2, 0) is 19.1 Å². The fraction of sp³-hybridized carbons (Fsp3) is 0.423. The molecule has 2 unspecified atom stereocenters. The van der Waals surface area contributed by atoms with Crippen LogP contribution in [0, 0.1) is 5.92 Å². The molecule has 0 spiro atoms. The molecule has 2 N–H and O–H groups in total. The third-order valence-electron chi connectivity index (χ3n) is 7.31. The number of carboxylic acid groups (broad SMARTS) is 1. The summed E-state index contributed by atoms with van der Waals surface area (Å²) in [6.07, 6.45) is 0.930. The first-order valence-electron chi connectivity index (χ1n) is 11.6. The maximum atomic E-state index is 12.9. The topological polar surface area (TPSA) is 105 Å². The number of hydrogen-bond acceptors (Lipinski definition) is 5. The summed E-state index contributed by atoms with van der Waals surface area (Å²) in [6, 6.07) is 15.8. The highest BCUT2D eigenvalue weighted by Crippen LogP contribution is 2.45. The van der Waals surface area contributed by atoms with E-state index in [0.29, 0.717) is 12.8 Å². The lowest BCUT2D eigenvalue weighted by Gasteiger charge is -2.28. The van der Waals surface area contributed by atoms with Crippen LogP contribution in [0.25, 0.3) is 11.1 Å². The van der Waals surface area contributed by atoms with E-state index in [2.05, 4.69) is 29.6 Å². The van der Waals surface area contributed by atoms with Crippen LogP contribution in [0.4, 0.5) is 4.79 Å². The molecule has 2 amide bonds. The number of ether oxygens (including phenoxy) is 2.